The molecule has 2 aromatic carbocycles. The number of hydrogen-bond acceptors (Lipinski definition) is 4. The summed E-state index contributed by atoms with van der Waals surface area (Å²) in [6.45, 7) is 7.44. The molecule has 0 aliphatic rings. The second-order valence-electron chi connectivity index (χ2n) is 6.98. The van der Waals surface area contributed by atoms with Crippen molar-refractivity contribution >= 4 is 47.9 Å². The fraction of sp³-hybridized carbons (Fsp3) is 0.300. The number of azo groups is 1. The van der Waals surface area contributed by atoms with Crippen LogP contribution in [0.15, 0.2) is 80.9 Å². The van der Waals surface area contributed by atoms with Crippen LogP contribution in [0.5, 0.6) is 0 Å². The first-order valence-electron chi connectivity index (χ1n) is 8.44. The van der Waals surface area contributed by atoms with Gasteiger partial charge in [0, 0.05) is 0 Å². The Morgan fingerprint density at radius 2 is 0.893 bits per heavy atom. The van der Waals surface area contributed by atoms with Gasteiger partial charge >= 0.3 is 0 Å². The van der Waals surface area contributed by atoms with Crippen LogP contribution in [-0.4, -0.2) is 22.7 Å². The van der Waals surface area contributed by atoms with E-state index in [9.17, 15) is 0 Å². The third-order valence-corrected chi connectivity index (χ3v) is 3.82. The molecule has 28 heavy (non-hydrogen) atoms. The van der Waals surface area contributed by atoms with Gasteiger partial charge in [0.2, 0.25) is 0 Å². The minimum atomic E-state index is -0.764. The molecule has 0 aliphatic heterocycles. The Kier molecular flexibility index (Phi) is 9.84. The number of halogens is 2. The van der Waals surface area contributed by atoms with Crippen LogP contribution in [0.25, 0.3) is 0 Å². The minimum absolute atomic E-state index is 0. The Morgan fingerprint density at radius 1 is 0.607 bits per heavy atom. The van der Waals surface area contributed by atoms with Gasteiger partial charge in [0.05, 0.1) is 11.4 Å². The van der Waals surface area contributed by atoms with Gasteiger partial charge in [0.25, 0.3) is 0 Å². The molecule has 0 spiro atoms. The molecule has 8 heteroatoms. The molecule has 0 bridgehead atoms. The van der Waals surface area contributed by atoms with E-state index in [1.54, 1.807) is 0 Å². The largest absolute Gasteiger partial charge is 0.385 e. The minimum Gasteiger partial charge on any atom is -0.385 e. The number of hydrogen-bond donors (Lipinski definition) is 2. The fourth-order valence-corrected chi connectivity index (χ4v) is 1.91. The maximum atomic E-state index is 6.15. The second kappa shape index (κ2) is 10.8. The van der Waals surface area contributed by atoms with Crippen molar-refractivity contribution in [3.8, 4) is 0 Å². The van der Waals surface area contributed by atoms with Crippen molar-refractivity contribution in [3.63, 3.8) is 0 Å². The van der Waals surface area contributed by atoms with Gasteiger partial charge in [-0.25, -0.2) is 9.98 Å². The molecule has 2 rings (SSSR count). The standard InChI is InChI=1S/C20H26N6.2ClH/c1-19(2,17(21)23-15-11-7-5-8-12-15)25-26-20(3,4)18(22)24-16-13-9-6-10-14-16;;/h5-14H,1-4H3,(H2,21,23)(H2,22,24);2*1H. The topological polar surface area (TPSA) is 101 Å². The summed E-state index contributed by atoms with van der Waals surface area (Å²) >= 11 is 0. The number of nitrogens with two attached hydrogens (primary N) is 2. The van der Waals surface area contributed by atoms with E-state index in [2.05, 4.69) is 20.2 Å². The molecule has 0 aromatic heterocycles. The van der Waals surface area contributed by atoms with Crippen LogP contribution >= 0.6 is 24.8 Å². The van der Waals surface area contributed by atoms with E-state index in [4.69, 9.17) is 11.5 Å². The summed E-state index contributed by atoms with van der Waals surface area (Å²) < 4.78 is 0. The summed E-state index contributed by atoms with van der Waals surface area (Å²) in [6.07, 6.45) is 0. The lowest BCUT2D eigenvalue weighted by Gasteiger charge is -2.22. The maximum Gasteiger partial charge on any atom is 0.133 e. The molecule has 0 aliphatic carbocycles. The number of rotatable bonds is 6. The highest BCUT2D eigenvalue weighted by atomic mass is 35.5. The third kappa shape index (κ3) is 7.29. The van der Waals surface area contributed by atoms with Crippen molar-refractivity contribution in [3.05, 3.63) is 60.7 Å². The van der Waals surface area contributed by atoms with Gasteiger partial charge in [0.1, 0.15) is 22.7 Å². The molecule has 2 aromatic rings. The molecule has 0 fully saturated rings. The molecular weight excluding hydrogens is 395 g/mol. The van der Waals surface area contributed by atoms with E-state index in [0.29, 0.717) is 11.7 Å². The van der Waals surface area contributed by atoms with Gasteiger partial charge in [-0.2, -0.15) is 10.2 Å². The van der Waals surface area contributed by atoms with Crippen LogP contribution in [0, 0.1) is 0 Å². The van der Waals surface area contributed by atoms with Crippen LogP contribution < -0.4 is 11.5 Å². The summed E-state index contributed by atoms with van der Waals surface area (Å²) in [7, 11) is 0. The van der Waals surface area contributed by atoms with Gasteiger partial charge in [-0.05, 0) is 52.0 Å². The third-order valence-electron chi connectivity index (χ3n) is 3.82. The normalized spacial score (nSPS) is 13.0. The summed E-state index contributed by atoms with van der Waals surface area (Å²) in [4.78, 5) is 8.85. The number of para-hydroxylation sites is 2. The zero-order chi connectivity index (χ0) is 19.2. The lowest BCUT2D eigenvalue weighted by molar-refractivity contribution is 0.560. The predicted octanol–water partition coefficient (Wildman–Crippen LogP) is 5.22. The first kappa shape index (κ1) is 25.6. The number of benzene rings is 2. The summed E-state index contributed by atoms with van der Waals surface area (Å²) in [6, 6.07) is 19.0. The van der Waals surface area contributed by atoms with E-state index in [1.165, 1.54) is 0 Å². The summed E-state index contributed by atoms with van der Waals surface area (Å²) in [5.74, 6) is 0.753. The molecule has 0 unspecified atom stereocenters. The zero-order valence-electron chi connectivity index (χ0n) is 16.5. The van der Waals surface area contributed by atoms with Crippen molar-refractivity contribution in [2.75, 3.05) is 0 Å². The van der Waals surface area contributed by atoms with Crippen LogP contribution in [0.1, 0.15) is 27.7 Å². The first-order chi connectivity index (χ1) is 12.2. The Labute approximate surface area is 179 Å². The molecule has 4 N–H and O–H groups in total. The molecule has 0 saturated heterocycles. The Hall–Kier alpha value is -2.44. The average molecular weight is 423 g/mol. The van der Waals surface area contributed by atoms with E-state index >= 15 is 0 Å². The monoisotopic (exact) mass is 422 g/mol. The number of nitrogens with zero attached hydrogens (tertiary/aromatic N) is 4. The lowest BCUT2D eigenvalue weighted by Crippen LogP contribution is -2.39. The molecule has 0 heterocycles. The second-order valence-corrected chi connectivity index (χ2v) is 6.98. The van der Waals surface area contributed by atoms with Crippen molar-refractivity contribution in [2.24, 2.45) is 31.7 Å². The van der Waals surface area contributed by atoms with Crippen LogP contribution in [0.4, 0.5) is 11.4 Å². The summed E-state index contributed by atoms with van der Waals surface area (Å²) in [5.41, 5.74) is 12.3. The van der Waals surface area contributed by atoms with Crippen LogP contribution in [0.3, 0.4) is 0 Å². The van der Waals surface area contributed by atoms with Crippen molar-refractivity contribution < 1.29 is 0 Å². The molecule has 0 radical (unpaired) electrons. The Bertz CT molecular complexity index is 746. The number of amidine groups is 2. The molecular formula is C20H28Cl2N6. The van der Waals surface area contributed by atoms with E-state index < -0.39 is 11.1 Å². The molecule has 152 valence electrons. The highest BCUT2D eigenvalue weighted by Crippen LogP contribution is 2.20. The molecule has 6 nitrogen and oxygen atoms in total. The molecule has 0 atom stereocenters. The molecule has 0 amide bonds. The SMILES string of the molecule is CC(C)(N=NC(C)(C)C(N)=Nc1ccccc1)C(N)=Nc1ccccc1.Cl.Cl. The summed E-state index contributed by atoms with van der Waals surface area (Å²) in [5, 5.41) is 8.79. The number of aliphatic imine (C=N–C) groups is 2. The van der Waals surface area contributed by atoms with E-state index in [1.807, 2.05) is 88.4 Å². The van der Waals surface area contributed by atoms with E-state index in [0.717, 1.165) is 11.4 Å². The van der Waals surface area contributed by atoms with Crippen molar-refractivity contribution in [1.82, 2.24) is 0 Å². The lowest BCUT2D eigenvalue weighted by atomic mass is 10.0. The Balaban J connectivity index is 0.00000364. The van der Waals surface area contributed by atoms with Gasteiger partial charge < -0.3 is 11.5 Å². The van der Waals surface area contributed by atoms with Crippen molar-refractivity contribution in [1.29, 1.82) is 0 Å². The van der Waals surface area contributed by atoms with Gasteiger partial charge in [-0.3, -0.25) is 0 Å². The van der Waals surface area contributed by atoms with Crippen LogP contribution in [-0.2, 0) is 0 Å². The smallest absolute Gasteiger partial charge is 0.133 e. The van der Waals surface area contributed by atoms with Gasteiger partial charge in [-0.15, -0.1) is 24.8 Å². The maximum absolute atomic E-state index is 6.15. The van der Waals surface area contributed by atoms with Crippen molar-refractivity contribution in [2.45, 2.75) is 38.8 Å². The highest BCUT2D eigenvalue weighted by Gasteiger charge is 2.27. The highest BCUT2D eigenvalue weighted by molar-refractivity contribution is 5.92. The van der Waals surface area contributed by atoms with E-state index in [-0.39, 0.29) is 24.8 Å². The van der Waals surface area contributed by atoms with Crippen LogP contribution in [0.2, 0.25) is 0 Å². The predicted molar refractivity (Wildman–Crippen MR) is 123 cm³/mol. The average Bonchev–Trinajstić information content (AvgIpc) is 2.62. The quantitative estimate of drug-likeness (QED) is 0.378. The Morgan fingerprint density at radius 3 is 1.18 bits per heavy atom. The van der Waals surface area contributed by atoms with Gasteiger partial charge in [0.15, 0.2) is 0 Å². The van der Waals surface area contributed by atoms with Gasteiger partial charge in [-0.1, -0.05) is 36.4 Å². The fourth-order valence-electron chi connectivity index (χ4n) is 1.91. The molecule has 0 saturated carbocycles. The first-order valence-corrected chi connectivity index (χ1v) is 8.44. The zero-order valence-corrected chi connectivity index (χ0v) is 18.2.